The Morgan fingerprint density at radius 3 is 1.44 bits per heavy atom. The molecule has 0 saturated carbocycles. The fourth-order valence-corrected chi connectivity index (χ4v) is 1.55. The molecule has 0 aliphatic carbocycles. The van der Waals surface area contributed by atoms with Crippen LogP contribution in [-0.2, 0) is 28.8 Å². The largest absolute Gasteiger partial charge is 0.481 e. The molecule has 0 fully saturated rings. The van der Waals surface area contributed by atoms with Crippen LogP contribution in [0, 0.1) is 0 Å². The summed E-state index contributed by atoms with van der Waals surface area (Å²) < 4.78 is 0. The van der Waals surface area contributed by atoms with Gasteiger partial charge >= 0.3 is 23.9 Å². The lowest BCUT2D eigenvalue weighted by molar-refractivity contribution is -0.148. The van der Waals surface area contributed by atoms with E-state index in [0.29, 0.717) is 0 Å². The fourth-order valence-electron chi connectivity index (χ4n) is 1.55. The zero-order valence-corrected chi connectivity index (χ0v) is 12.7. The molecular weight excluding hydrogens is 346 g/mol. The Kier molecular flexibility index (Phi) is 8.55. The second-order valence-electron chi connectivity index (χ2n) is 4.87. The first-order chi connectivity index (χ1) is 11.4. The molecular formula is C12H17N3O10. The molecule has 25 heavy (non-hydrogen) atoms. The molecule has 13 nitrogen and oxygen atoms in total. The fraction of sp³-hybridized carbons (Fsp3) is 0.500. The monoisotopic (exact) mass is 363 g/mol. The van der Waals surface area contributed by atoms with Gasteiger partial charge in [-0.1, -0.05) is 0 Å². The van der Waals surface area contributed by atoms with Crippen LogP contribution in [0.1, 0.15) is 19.3 Å². The first-order valence-electron chi connectivity index (χ1n) is 6.68. The Morgan fingerprint density at radius 1 is 0.680 bits per heavy atom. The number of hydrogen-bond acceptors (Lipinski definition) is 7. The lowest BCUT2D eigenvalue weighted by Crippen LogP contribution is -2.49. The zero-order valence-electron chi connectivity index (χ0n) is 12.7. The van der Waals surface area contributed by atoms with Crippen LogP contribution in [0.3, 0.4) is 0 Å². The molecule has 0 heterocycles. The minimum Gasteiger partial charge on any atom is -0.481 e. The average molecular weight is 363 g/mol. The standard InChI is InChI=1S/C12H17N3O10/c13-4(10(20)21)1-7(16)14-5(11(22)23)2-8(17)15-6(12(24)25)3-9(18)19/h4-6H,1-3,13H2,(H,14,16)(H,15,17)(H,18,19)(H,20,21)(H,22,23)(H,24,25)/t4-,5?,6-/m0/s1. The van der Waals surface area contributed by atoms with Gasteiger partial charge in [-0.15, -0.1) is 0 Å². The van der Waals surface area contributed by atoms with E-state index in [1.54, 1.807) is 0 Å². The number of rotatable bonds is 11. The Hall–Kier alpha value is -3.22. The number of nitrogens with two attached hydrogens (primary N) is 1. The lowest BCUT2D eigenvalue weighted by atomic mass is 10.1. The summed E-state index contributed by atoms with van der Waals surface area (Å²) in [5.41, 5.74) is 5.11. The van der Waals surface area contributed by atoms with Gasteiger partial charge < -0.3 is 36.8 Å². The van der Waals surface area contributed by atoms with E-state index in [0.717, 1.165) is 0 Å². The minimum absolute atomic E-state index is 0.739. The molecule has 0 radical (unpaired) electrons. The molecule has 0 bridgehead atoms. The predicted octanol–water partition coefficient (Wildman–Crippen LogP) is -3.21. The third kappa shape index (κ3) is 8.85. The molecule has 0 aliphatic rings. The number of nitrogens with one attached hydrogen (secondary N) is 2. The second kappa shape index (κ2) is 9.82. The van der Waals surface area contributed by atoms with E-state index < -0.39 is 73.1 Å². The Morgan fingerprint density at radius 2 is 1.08 bits per heavy atom. The molecule has 0 aromatic heterocycles. The minimum atomic E-state index is -1.78. The van der Waals surface area contributed by atoms with E-state index in [4.69, 9.17) is 26.2 Å². The molecule has 0 aromatic carbocycles. The van der Waals surface area contributed by atoms with E-state index in [1.807, 2.05) is 10.6 Å². The second-order valence-corrected chi connectivity index (χ2v) is 4.87. The Balaban J connectivity index is 4.79. The quantitative estimate of drug-likeness (QED) is 0.193. The van der Waals surface area contributed by atoms with E-state index in [1.165, 1.54) is 0 Å². The summed E-state index contributed by atoms with van der Waals surface area (Å²) in [6, 6.07) is -5.14. The summed E-state index contributed by atoms with van der Waals surface area (Å²) in [6.45, 7) is 0. The van der Waals surface area contributed by atoms with Crippen LogP contribution in [0.2, 0.25) is 0 Å². The van der Waals surface area contributed by atoms with Gasteiger partial charge in [-0.05, 0) is 0 Å². The summed E-state index contributed by atoms with van der Waals surface area (Å²) >= 11 is 0. The van der Waals surface area contributed by atoms with Gasteiger partial charge in [0, 0.05) is 0 Å². The van der Waals surface area contributed by atoms with Gasteiger partial charge in [0.15, 0.2) is 0 Å². The Labute approximate surface area is 139 Å². The van der Waals surface area contributed by atoms with Crippen LogP contribution in [0.4, 0.5) is 0 Å². The van der Waals surface area contributed by atoms with E-state index in [9.17, 15) is 28.8 Å². The van der Waals surface area contributed by atoms with Gasteiger partial charge in [0.05, 0.1) is 19.3 Å². The molecule has 13 heteroatoms. The van der Waals surface area contributed by atoms with Crippen LogP contribution in [-0.4, -0.2) is 74.2 Å². The van der Waals surface area contributed by atoms with Crippen molar-refractivity contribution >= 4 is 35.7 Å². The molecule has 0 saturated heterocycles. The smallest absolute Gasteiger partial charge is 0.326 e. The normalized spacial score (nSPS) is 13.8. The lowest BCUT2D eigenvalue weighted by Gasteiger charge is -2.17. The molecule has 0 aromatic rings. The summed E-state index contributed by atoms with van der Waals surface area (Å²) in [5, 5.41) is 38.5. The topological polar surface area (TPSA) is 233 Å². The Bertz CT molecular complexity index is 575. The van der Waals surface area contributed by atoms with Gasteiger partial charge in [-0.2, -0.15) is 0 Å². The van der Waals surface area contributed by atoms with Crippen molar-refractivity contribution in [2.75, 3.05) is 0 Å². The van der Waals surface area contributed by atoms with E-state index >= 15 is 0 Å². The molecule has 140 valence electrons. The van der Waals surface area contributed by atoms with Crippen molar-refractivity contribution in [3.8, 4) is 0 Å². The highest BCUT2D eigenvalue weighted by atomic mass is 16.4. The van der Waals surface area contributed by atoms with Crippen LogP contribution >= 0.6 is 0 Å². The number of aliphatic carboxylic acids is 4. The van der Waals surface area contributed by atoms with Crippen LogP contribution in [0.15, 0.2) is 0 Å². The molecule has 0 aliphatic heterocycles. The van der Waals surface area contributed by atoms with Crippen molar-refractivity contribution in [3.05, 3.63) is 0 Å². The number of carbonyl (C=O) groups excluding carboxylic acids is 2. The summed E-state index contributed by atoms with van der Waals surface area (Å²) in [6.07, 6.45) is -2.57. The average Bonchev–Trinajstić information content (AvgIpc) is 2.44. The molecule has 1 unspecified atom stereocenters. The zero-order chi connectivity index (χ0) is 19.7. The molecule has 0 spiro atoms. The van der Waals surface area contributed by atoms with Gasteiger partial charge in [-0.25, -0.2) is 9.59 Å². The van der Waals surface area contributed by atoms with Gasteiger partial charge in [0.1, 0.15) is 18.1 Å². The molecule has 8 N–H and O–H groups in total. The third-order valence-corrected chi connectivity index (χ3v) is 2.76. The predicted molar refractivity (Wildman–Crippen MR) is 76.2 cm³/mol. The van der Waals surface area contributed by atoms with Crippen molar-refractivity contribution in [3.63, 3.8) is 0 Å². The highest BCUT2D eigenvalue weighted by Crippen LogP contribution is 1.99. The van der Waals surface area contributed by atoms with Gasteiger partial charge in [0.2, 0.25) is 11.8 Å². The first-order valence-corrected chi connectivity index (χ1v) is 6.68. The van der Waals surface area contributed by atoms with Crippen LogP contribution < -0.4 is 16.4 Å². The van der Waals surface area contributed by atoms with Gasteiger partial charge in [0.25, 0.3) is 0 Å². The van der Waals surface area contributed by atoms with Crippen LogP contribution in [0.25, 0.3) is 0 Å². The highest BCUT2D eigenvalue weighted by molar-refractivity contribution is 5.92. The van der Waals surface area contributed by atoms with Gasteiger partial charge in [-0.3, -0.25) is 19.2 Å². The third-order valence-electron chi connectivity index (χ3n) is 2.76. The maximum absolute atomic E-state index is 11.7. The van der Waals surface area contributed by atoms with Crippen LogP contribution in [0.5, 0.6) is 0 Å². The SMILES string of the molecule is N[C@@H](CC(=O)NC(CC(=O)N[C@@H](CC(=O)O)C(=O)O)C(=O)O)C(=O)O. The van der Waals surface area contributed by atoms with E-state index in [-0.39, 0.29) is 0 Å². The number of carboxylic acids is 4. The van der Waals surface area contributed by atoms with Crippen molar-refractivity contribution in [2.24, 2.45) is 5.73 Å². The summed E-state index contributed by atoms with van der Waals surface area (Å²) in [7, 11) is 0. The van der Waals surface area contributed by atoms with Crippen molar-refractivity contribution in [1.29, 1.82) is 0 Å². The maximum atomic E-state index is 11.7. The molecule has 3 atom stereocenters. The van der Waals surface area contributed by atoms with Crippen molar-refractivity contribution in [1.82, 2.24) is 10.6 Å². The number of carboxylic acid groups (broad SMARTS) is 4. The van der Waals surface area contributed by atoms with Crippen molar-refractivity contribution in [2.45, 2.75) is 37.4 Å². The number of carbonyl (C=O) groups is 6. The highest BCUT2D eigenvalue weighted by Gasteiger charge is 2.28. The summed E-state index contributed by atoms with van der Waals surface area (Å²) in [4.78, 5) is 66.0. The maximum Gasteiger partial charge on any atom is 0.326 e. The summed E-state index contributed by atoms with van der Waals surface area (Å²) in [5.74, 6) is -8.45. The molecule has 2 amide bonds. The molecule has 0 rings (SSSR count). The first kappa shape index (κ1) is 21.8. The number of amides is 2. The van der Waals surface area contributed by atoms with Crippen molar-refractivity contribution < 1.29 is 49.2 Å². The number of hydrogen-bond donors (Lipinski definition) is 7. The van der Waals surface area contributed by atoms with E-state index in [2.05, 4.69) is 0 Å².